The van der Waals surface area contributed by atoms with E-state index in [-0.39, 0.29) is 18.8 Å². The van der Waals surface area contributed by atoms with Crippen LogP contribution in [0.25, 0.3) is 11.0 Å². The van der Waals surface area contributed by atoms with E-state index in [0.29, 0.717) is 11.0 Å². The Morgan fingerprint density at radius 2 is 2.06 bits per heavy atom. The summed E-state index contributed by atoms with van der Waals surface area (Å²) < 4.78 is 1.63. The summed E-state index contributed by atoms with van der Waals surface area (Å²) in [5, 5.41) is 27.0. The van der Waals surface area contributed by atoms with Crippen LogP contribution in [0.4, 0.5) is 0 Å². The van der Waals surface area contributed by atoms with Crippen LogP contribution < -0.4 is 0 Å². The van der Waals surface area contributed by atoms with Gasteiger partial charge in [0.1, 0.15) is 0 Å². The number of carboxylic acids is 1. The third kappa shape index (κ3) is 2.00. The summed E-state index contributed by atoms with van der Waals surface area (Å²) in [6, 6.07) is 4.08. The smallest absolute Gasteiger partial charge is 0.335 e. The number of carboxylic acid groups (broad SMARTS) is 1. The molecule has 0 aliphatic heterocycles. The molecule has 0 saturated heterocycles. The first kappa shape index (κ1) is 11.6. The lowest BCUT2D eigenvalue weighted by Gasteiger charge is -2.13. The van der Waals surface area contributed by atoms with Crippen molar-refractivity contribution in [2.75, 3.05) is 13.2 Å². The summed E-state index contributed by atoms with van der Waals surface area (Å²) in [7, 11) is 0. The Morgan fingerprint density at radius 1 is 1.35 bits per heavy atom. The van der Waals surface area contributed by atoms with E-state index in [4.69, 9.17) is 15.3 Å². The Morgan fingerprint density at radius 3 is 2.65 bits per heavy atom. The second-order valence-corrected chi connectivity index (χ2v) is 3.68. The maximum Gasteiger partial charge on any atom is 0.335 e. The molecule has 0 bridgehead atoms. The summed E-state index contributed by atoms with van der Waals surface area (Å²) in [6.45, 7) is -0.411. The standard InChI is InChI=1S/C11H12N2O4/c14-4-8(5-15)13-6-12-9-3-7(11(16)17)1-2-10(9)13/h1-3,6,8,14-15H,4-5H2,(H,16,17). The van der Waals surface area contributed by atoms with E-state index in [1.165, 1.54) is 18.5 Å². The van der Waals surface area contributed by atoms with Crippen LogP contribution in [0.1, 0.15) is 16.4 Å². The fraction of sp³-hybridized carbons (Fsp3) is 0.273. The van der Waals surface area contributed by atoms with E-state index in [2.05, 4.69) is 4.98 Å². The minimum Gasteiger partial charge on any atom is -0.478 e. The van der Waals surface area contributed by atoms with Gasteiger partial charge in [-0.3, -0.25) is 0 Å². The Labute approximate surface area is 96.8 Å². The second kappa shape index (κ2) is 4.52. The molecule has 0 aliphatic carbocycles. The molecule has 0 spiro atoms. The Kier molecular flexibility index (Phi) is 3.08. The predicted molar refractivity (Wildman–Crippen MR) is 59.9 cm³/mol. The molecule has 6 nitrogen and oxygen atoms in total. The van der Waals surface area contributed by atoms with Crippen LogP contribution in [0.5, 0.6) is 0 Å². The van der Waals surface area contributed by atoms with Crippen molar-refractivity contribution in [3.63, 3.8) is 0 Å². The maximum absolute atomic E-state index is 10.8. The van der Waals surface area contributed by atoms with Crippen LogP contribution >= 0.6 is 0 Å². The van der Waals surface area contributed by atoms with Gasteiger partial charge in [-0.1, -0.05) is 0 Å². The maximum atomic E-state index is 10.8. The quantitative estimate of drug-likeness (QED) is 0.707. The summed E-state index contributed by atoms with van der Waals surface area (Å²) in [4.78, 5) is 14.8. The van der Waals surface area contributed by atoms with Crippen molar-refractivity contribution in [3.05, 3.63) is 30.1 Å². The first-order valence-electron chi connectivity index (χ1n) is 5.09. The third-order valence-electron chi connectivity index (χ3n) is 2.64. The summed E-state index contributed by atoms with van der Waals surface area (Å²) in [6.07, 6.45) is 1.48. The van der Waals surface area contributed by atoms with Crippen molar-refractivity contribution in [1.29, 1.82) is 0 Å². The number of aliphatic hydroxyl groups is 2. The number of hydrogen-bond donors (Lipinski definition) is 3. The molecule has 90 valence electrons. The van der Waals surface area contributed by atoms with Crippen LogP contribution in [-0.2, 0) is 0 Å². The van der Waals surface area contributed by atoms with Gasteiger partial charge in [0.2, 0.25) is 0 Å². The highest BCUT2D eigenvalue weighted by molar-refractivity contribution is 5.92. The molecule has 2 aromatic rings. The molecule has 0 amide bonds. The average molecular weight is 236 g/mol. The molecular formula is C11H12N2O4. The van der Waals surface area contributed by atoms with Crippen molar-refractivity contribution in [2.45, 2.75) is 6.04 Å². The molecule has 1 heterocycles. The van der Waals surface area contributed by atoms with E-state index >= 15 is 0 Å². The molecule has 1 aromatic carbocycles. The normalized spacial score (nSPS) is 11.2. The van der Waals surface area contributed by atoms with Crippen LogP contribution in [0, 0.1) is 0 Å². The number of hydrogen-bond acceptors (Lipinski definition) is 4. The number of aromatic carboxylic acids is 1. The van der Waals surface area contributed by atoms with Crippen molar-refractivity contribution in [1.82, 2.24) is 9.55 Å². The van der Waals surface area contributed by atoms with Gasteiger partial charge in [0.25, 0.3) is 0 Å². The molecule has 0 saturated carbocycles. The highest BCUT2D eigenvalue weighted by Crippen LogP contribution is 2.18. The molecule has 3 N–H and O–H groups in total. The summed E-state index contributed by atoms with van der Waals surface area (Å²) in [5.41, 5.74) is 1.37. The lowest BCUT2D eigenvalue weighted by molar-refractivity contribution is 0.0697. The number of benzene rings is 1. The summed E-state index contributed by atoms with van der Waals surface area (Å²) in [5.74, 6) is -1.01. The van der Waals surface area contributed by atoms with Crippen molar-refractivity contribution < 1.29 is 20.1 Å². The number of rotatable bonds is 4. The van der Waals surface area contributed by atoms with Crippen molar-refractivity contribution in [2.24, 2.45) is 0 Å². The van der Waals surface area contributed by atoms with Crippen LogP contribution in [0.15, 0.2) is 24.5 Å². The van der Waals surface area contributed by atoms with Gasteiger partial charge in [0.05, 0.1) is 42.2 Å². The molecule has 1 aromatic heterocycles. The highest BCUT2D eigenvalue weighted by atomic mass is 16.4. The number of aliphatic hydroxyl groups excluding tert-OH is 2. The van der Waals surface area contributed by atoms with Gasteiger partial charge in [0, 0.05) is 0 Å². The zero-order chi connectivity index (χ0) is 12.4. The fourth-order valence-corrected chi connectivity index (χ4v) is 1.69. The van der Waals surface area contributed by atoms with Crippen LogP contribution in [-0.4, -0.2) is 44.1 Å². The number of imidazole rings is 1. The SMILES string of the molecule is O=C(O)c1ccc2c(c1)ncn2C(CO)CO. The van der Waals surface area contributed by atoms with E-state index in [9.17, 15) is 4.79 Å². The molecule has 0 atom stereocenters. The lowest BCUT2D eigenvalue weighted by atomic mass is 10.2. The van der Waals surface area contributed by atoms with Gasteiger partial charge in [-0.05, 0) is 18.2 Å². The number of carbonyl (C=O) groups is 1. The third-order valence-corrected chi connectivity index (χ3v) is 2.64. The second-order valence-electron chi connectivity index (χ2n) is 3.68. The first-order chi connectivity index (χ1) is 8.17. The van der Waals surface area contributed by atoms with Crippen LogP contribution in [0.3, 0.4) is 0 Å². The van der Waals surface area contributed by atoms with Gasteiger partial charge in [-0.15, -0.1) is 0 Å². The molecule has 0 unspecified atom stereocenters. The van der Waals surface area contributed by atoms with E-state index in [0.717, 1.165) is 0 Å². The predicted octanol–water partition coefficient (Wildman–Crippen LogP) is 0.260. The number of nitrogens with zero attached hydrogens (tertiary/aromatic N) is 2. The van der Waals surface area contributed by atoms with Crippen LogP contribution in [0.2, 0.25) is 0 Å². The zero-order valence-corrected chi connectivity index (χ0v) is 8.95. The zero-order valence-electron chi connectivity index (χ0n) is 8.95. The molecule has 2 rings (SSSR count). The van der Waals surface area contributed by atoms with E-state index < -0.39 is 12.0 Å². The molecule has 0 fully saturated rings. The minimum absolute atomic E-state index is 0.160. The fourth-order valence-electron chi connectivity index (χ4n) is 1.69. The van der Waals surface area contributed by atoms with Gasteiger partial charge in [0.15, 0.2) is 0 Å². The van der Waals surface area contributed by atoms with Crippen molar-refractivity contribution in [3.8, 4) is 0 Å². The Hall–Kier alpha value is -1.92. The molecule has 0 radical (unpaired) electrons. The molecule has 17 heavy (non-hydrogen) atoms. The van der Waals surface area contributed by atoms with Gasteiger partial charge in [-0.25, -0.2) is 9.78 Å². The van der Waals surface area contributed by atoms with E-state index in [1.54, 1.807) is 10.6 Å². The average Bonchev–Trinajstić information content (AvgIpc) is 2.74. The molecular weight excluding hydrogens is 224 g/mol. The Bertz CT molecular complexity index is 545. The first-order valence-corrected chi connectivity index (χ1v) is 5.09. The largest absolute Gasteiger partial charge is 0.478 e. The highest BCUT2D eigenvalue weighted by Gasteiger charge is 2.13. The minimum atomic E-state index is -1.01. The van der Waals surface area contributed by atoms with Gasteiger partial charge >= 0.3 is 5.97 Å². The van der Waals surface area contributed by atoms with E-state index in [1.807, 2.05) is 0 Å². The molecule has 0 aliphatic rings. The molecule has 6 heteroatoms. The number of aromatic nitrogens is 2. The lowest BCUT2D eigenvalue weighted by Crippen LogP contribution is -2.16. The monoisotopic (exact) mass is 236 g/mol. The van der Waals surface area contributed by atoms with Gasteiger partial charge in [-0.2, -0.15) is 0 Å². The summed E-state index contributed by atoms with van der Waals surface area (Å²) >= 11 is 0. The van der Waals surface area contributed by atoms with Crippen molar-refractivity contribution >= 4 is 17.0 Å². The number of fused-ring (bicyclic) bond motifs is 1. The van der Waals surface area contributed by atoms with Gasteiger partial charge < -0.3 is 19.9 Å². The topological polar surface area (TPSA) is 95.6 Å². The Balaban J connectivity index is 2.51.